The van der Waals surface area contributed by atoms with E-state index in [1.165, 1.54) is 25.7 Å². The second kappa shape index (κ2) is 6.78. The van der Waals surface area contributed by atoms with Crippen molar-refractivity contribution in [2.24, 2.45) is 0 Å². The van der Waals surface area contributed by atoms with Crippen LogP contribution in [0.4, 0.5) is 0 Å². The Bertz CT molecular complexity index is 211. The molecule has 0 aromatic rings. The number of carbonyl (C=O) groups is 1. The second-order valence-corrected chi connectivity index (χ2v) is 4.33. The first kappa shape index (κ1) is 12.4. The monoisotopic (exact) mass is 210 g/mol. The smallest absolute Gasteiger partial charge is 0.138 e. The van der Waals surface area contributed by atoms with Crippen molar-refractivity contribution in [3.05, 3.63) is 12.7 Å². The molecular weight excluding hydrogens is 188 g/mol. The first-order valence-electron chi connectivity index (χ1n) is 6.06. The van der Waals surface area contributed by atoms with Gasteiger partial charge in [-0.1, -0.05) is 38.7 Å². The molecule has 0 saturated carbocycles. The van der Waals surface area contributed by atoms with Crippen LogP contribution in [0.15, 0.2) is 12.7 Å². The van der Waals surface area contributed by atoms with Gasteiger partial charge in [0.1, 0.15) is 5.78 Å². The maximum absolute atomic E-state index is 11.4. The van der Waals surface area contributed by atoms with E-state index >= 15 is 0 Å². The fourth-order valence-corrected chi connectivity index (χ4v) is 2.01. The van der Waals surface area contributed by atoms with E-state index in [4.69, 9.17) is 4.74 Å². The highest BCUT2D eigenvalue weighted by atomic mass is 16.5. The largest absolute Gasteiger partial charge is 0.370 e. The molecule has 1 aliphatic rings. The van der Waals surface area contributed by atoms with Crippen LogP contribution in [0.25, 0.3) is 0 Å². The van der Waals surface area contributed by atoms with Crippen molar-refractivity contribution < 1.29 is 9.53 Å². The fraction of sp³-hybridized carbons (Fsp3) is 0.769. The lowest BCUT2D eigenvalue weighted by Crippen LogP contribution is -2.31. The van der Waals surface area contributed by atoms with Crippen molar-refractivity contribution in [1.29, 1.82) is 0 Å². The Morgan fingerprint density at radius 3 is 2.87 bits per heavy atom. The Balaban J connectivity index is 2.22. The van der Waals surface area contributed by atoms with Crippen molar-refractivity contribution in [3.63, 3.8) is 0 Å². The zero-order valence-electron chi connectivity index (χ0n) is 9.71. The van der Waals surface area contributed by atoms with Gasteiger partial charge >= 0.3 is 0 Å². The van der Waals surface area contributed by atoms with Crippen molar-refractivity contribution in [3.8, 4) is 0 Å². The highest BCUT2D eigenvalue weighted by molar-refractivity contribution is 5.80. The van der Waals surface area contributed by atoms with E-state index in [-0.39, 0.29) is 12.2 Å². The lowest BCUT2D eigenvalue weighted by molar-refractivity contribution is -0.132. The van der Waals surface area contributed by atoms with E-state index in [0.29, 0.717) is 18.6 Å². The van der Waals surface area contributed by atoms with Crippen LogP contribution in [0.1, 0.15) is 51.9 Å². The summed E-state index contributed by atoms with van der Waals surface area (Å²) in [6.45, 7) is 5.89. The van der Waals surface area contributed by atoms with Gasteiger partial charge in [0.15, 0.2) is 0 Å². The number of hydrogen-bond donors (Lipinski definition) is 0. The Labute approximate surface area is 92.7 Å². The SMILES string of the molecule is C=C[C@H]1CC(=O)C[C@@H](CCCCCC)O1. The first-order valence-corrected chi connectivity index (χ1v) is 6.06. The Hall–Kier alpha value is -0.630. The molecule has 0 aromatic heterocycles. The van der Waals surface area contributed by atoms with Gasteiger partial charge in [0, 0.05) is 12.8 Å². The number of rotatable bonds is 6. The molecule has 0 spiro atoms. The van der Waals surface area contributed by atoms with E-state index in [0.717, 1.165) is 6.42 Å². The lowest BCUT2D eigenvalue weighted by Gasteiger charge is -2.27. The first-order chi connectivity index (χ1) is 7.26. The van der Waals surface area contributed by atoms with E-state index in [1.54, 1.807) is 6.08 Å². The minimum absolute atomic E-state index is 0.0394. The van der Waals surface area contributed by atoms with Gasteiger partial charge in [-0.3, -0.25) is 4.79 Å². The molecule has 1 rings (SSSR count). The normalized spacial score (nSPS) is 26.6. The molecule has 2 atom stereocenters. The molecule has 86 valence electrons. The lowest BCUT2D eigenvalue weighted by atomic mass is 9.98. The van der Waals surface area contributed by atoms with E-state index in [1.807, 2.05) is 0 Å². The molecule has 15 heavy (non-hydrogen) atoms. The van der Waals surface area contributed by atoms with Gasteiger partial charge < -0.3 is 4.74 Å². The predicted octanol–water partition coefficient (Wildman–Crippen LogP) is 3.26. The van der Waals surface area contributed by atoms with Gasteiger partial charge in [0.05, 0.1) is 12.2 Å². The fourth-order valence-electron chi connectivity index (χ4n) is 2.01. The molecule has 2 nitrogen and oxygen atoms in total. The number of hydrogen-bond acceptors (Lipinski definition) is 2. The van der Waals surface area contributed by atoms with Gasteiger partial charge in [0.25, 0.3) is 0 Å². The van der Waals surface area contributed by atoms with E-state index in [2.05, 4.69) is 13.5 Å². The molecule has 0 radical (unpaired) electrons. The molecule has 0 aliphatic carbocycles. The minimum Gasteiger partial charge on any atom is -0.370 e. The summed E-state index contributed by atoms with van der Waals surface area (Å²) < 4.78 is 5.75. The molecule has 1 heterocycles. The number of ketones is 1. The summed E-state index contributed by atoms with van der Waals surface area (Å²) in [6, 6.07) is 0. The van der Waals surface area contributed by atoms with Crippen molar-refractivity contribution in [2.45, 2.75) is 64.1 Å². The zero-order valence-corrected chi connectivity index (χ0v) is 9.71. The van der Waals surface area contributed by atoms with Crippen LogP contribution in [0.5, 0.6) is 0 Å². The predicted molar refractivity (Wildman–Crippen MR) is 61.9 cm³/mol. The van der Waals surface area contributed by atoms with Crippen LogP contribution in [0.3, 0.4) is 0 Å². The Morgan fingerprint density at radius 2 is 2.20 bits per heavy atom. The molecule has 0 aromatic carbocycles. The van der Waals surface area contributed by atoms with Gasteiger partial charge in [-0.05, 0) is 6.42 Å². The topological polar surface area (TPSA) is 26.3 Å². The number of Topliss-reactive ketones (excluding diaryl/α,β-unsaturated/α-hetero) is 1. The summed E-state index contributed by atoms with van der Waals surface area (Å²) in [6.07, 6.45) is 8.97. The minimum atomic E-state index is -0.0394. The number of carbonyl (C=O) groups excluding carboxylic acids is 1. The van der Waals surface area contributed by atoms with Gasteiger partial charge in [-0.25, -0.2) is 0 Å². The molecule has 0 unspecified atom stereocenters. The summed E-state index contributed by atoms with van der Waals surface area (Å²) in [4.78, 5) is 11.4. The molecule has 0 amide bonds. The van der Waals surface area contributed by atoms with Crippen LogP contribution in [-0.4, -0.2) is 18.0 Å². The quantitative estimate of drug-likeness (QED) is 0.497. The van der Waals surface area contributed by atoms with E-state index in [9.17, 15) is 4.79 Å². The highest BCUT2D eigenvalue weighted by Gasteiger charge is 2.25. The standard InChI is InChI=1S/C13H22O2/c1-3-5-6-7-8-13-10-11(14)9-12(4-2)15-13/h4,12-13H,2-3,5-10H2,1H3/t12-,13+/m0/s1. The van der Waals surface area contributed by atoms with Crippen LogP contribution in [0, 0.1) is 0 Å². The summed E-state index contributed by atoms with van der Waals surface area (Å²) in [5.74, 6) is 0.326. The van der Waals surface area contributed by atoms with Crippen molar-refractivity contribution in [1.82, 2.24) is 0 Å². The van der Waals surface area contributed by atoms with Crippen LogP contribution >= 0.6 is 0 Å². The maximum atomic E-state index is 11.4. The van der Waals surface area contributed by atoms with Crippen LogP contribution in [0.2, 0.25) is 0 Å². The molecule has 2 heteroatoms. The number of unbranched alkanes of at least 4 members (excludes halogenated alkanes) is 3. The van der Waals surface area contributed by atoms with Gasteiger partial charge in [0.2, 0.25) is 0 Å². The summed E-state index contributed by atoms with van der Waals surface area (Å²) in [5, 5.41) is 0. The third-order valence-electron chi connectivity index (χ3n) is 2.89. The molecule has 1 fully saturated rings. The summed E-state index contributed by atoms with van der Waals surface area (Å²) in [7, 11) is 0. The molecule has 1 aliphatic heterocycles. The summed E-state index contributed by atoms with van der Waals surface area (Å²) >= 11 is 0. The van der Waals surface area contributed by atoms with Gasteiger partial charge in [-0.2, -0.15) is 0 Å². The number of ether oxygens (including phenoxy) is 1. The molecular formula is C13H22O2. The van der Waals surface area contributed by atoms with Crippen LogP contribution in [-0.2, 0) is 9.53 Å². The Morgan fingerprint density at radius 1 is 1.40 bits per heavy atom. The second-order valence-electron chi connectivity index (χ2n) is 4.33. The van der Waals surface area contributed by atoms with Gasteiger partial charge in [-0.15, -0.1) is 6.58 Å². The van der Waals surface area contributed by atoms with Crippen molar-refractivity contribution >= 4 is 5.78 Å². The average molecular weight is 210 g/mol. The zero-order chi connectivity index (χ0) is 11.1. The Kier molecular flexibility index (Phi) is 5.62. The molecule has 0 N–H and O–H groups in total. The summed E-state index contributed by atoms with van der Waals surface area (Å²) in [5.41, 5.74) is 0. The third kappa shape index (κ3) is 4.61. The van der Waals surface area contributed by atoms with E-state index < -0.39 is 0 Å². The average Bonchev–Trinajstić information content (AvgIpc) is 2.23. The maximum Gasteiger partial charge on any atom is 0.138 e. The molecule has 0 bridgehead atoms. The van der Waals surface area contributed by atoms with Crippen molar-refractivity contribution in [2.75, 3.05) is 0 Å². The van der Waals surface area contributed by atoms with Crippen LogP contribution < -0.4 is 0 Å². The third-order valence-corrected chi connectivity index (χ3v) is 2.89. The highest BCUT2D eigenvalue weighted by Crippen LogP contribution is 2.21. The molecule has 1 saturated heterocycles.